The Kier molecular flexibility index (Phi) is 5.51. The molecule has 0 N–H and O–H groups in total. The van der Waals surface area contributed by atoms with Crippen molar-refractivity contribution in [2.75, 3.05) is 28.1 Å². The molecule has 1 unspecified atom stereocenters. The summed E-state index contributed by atoms with van der Waals surface area (Å²) < 4.78 is 30.8. The van der Waals surface area contributed by atoms with Gasteiger partial charge in [-0.15, -0.1) is 0 Å². The van der Waals surface area contributed by atoms with Crippen LogP contribution in [-0.2, 0) is 26.0 Å². The van der Waals surface area contributed by atoms with Crippen molar-refractivity contribution in [3.8, 4) is 0 Å². The van der Waals surface area contributed by atoms with Crippen LogP contribution < -0.4 is 9.21 Å². The van der Waals surface area contributed by atoms with Gasteiger partial charge in [0, 0.05) is 18.3 Å². The summed E-state index contributed by atoms with van der Waals surface area (Å²) in [5.41, 5.74) is 2.62. The zero-order chi connectivity index (χ0) is 21.3. The summed E-state index contributed by atoms with van der Waals surface area (Å²) in [5, 5.41) is 0. The number of hydrogen-bond acceptors (Lipinski definition) is 5. The van der Waals surface area contributed by atoms with E-state index in [0.717, 1.165) is 24.1 Å². The second-order valence-electron chi connectivity index (χ2n) is 7.65. The SMILES string of the molecule is CC1CCc2ccccc2N1C(=O)COC(=O)c1cccc(N2CCCS2(=O)=O)c1. The molecule has 7 nitrogen and oxygen atoms in total. The van der Waals surface area contributed by atoms with Gasteiger partial charge in [-0.1, -0.05) is 24.3 Å². The number of aryl methyl sites for hydroxylation is 1. The zero-order valence-corrected chi connectivity index (χ0v) is 17.6. The molecule has 30 heavy (non-hydrogen) atoms. The summed E-state index contributed by atoms with van der Waals surface area (Å²) in [6.45, 7) is 2.00. The maximum atomic E-state index is 12.8. The lowest BCUT2D eigenvalue weighted by atomic mass is 9.96. The smallest absolute Gasteiger partial charge is 0.338 e. The number of carbonyl (C=O) groups is 2. The molecule has 0 radical (unpaired) electrons. The molecule has 0 bridgehead atoms. The molecule has 2 aliphatic heterocycles. The maximum absolute atomic E-state index is 12.8. The van der Waals surface area contributed by atoms with E-state index in [1.165, 1.54) is 10.4 Å². The van der Waals surface area contributed by atoms with Crippen LogP contribution in [0.5, 0.6) is 0 Å². The van der Waals surface area contributed by atoms with E-state index in [9.17, 15) is 18.0 Å². The minimum atomic E-state index is -3.34. The van der Waals surface area contributed by atoms with Crippen LogP contribution in [0.15, 0.2) is 48.5 Å². The number of fused-ring (bicyclic) bond motifs is 1. The molecule has 1 atom stereocenters. The number of amides is 1. The van der Waals surface area contributed by atoms with Gasteiger partial charge in [-0.25, -0.2) is 13.2 Å². The summed E-state index contributed by atoms with van der Waals surface area (Å²) in [4.78, 5) is 27.0. The van der Waals surface area contributed by atoms with Crippen molar-refractivity contribution in [3.05, 3.63) is 59.7 Å². The van der Waals surface area contributed by atoms with Crippen LogP contribution >= 0.6 is 0 Å². The summed E-state index contributed by atoms with van der Waals surface area (Å²) in [7, 11) is -3.34. The van der Waals surface area contributed by atoms with Gasteiger partial charge in [0.05, 0.1) is 17.0 Å². The van der Waals surface area contributed by atoms with Gasteiger partial charge in [0.2, 0.25) is 10.0 Å². The highest BCUT2D eigenvalue weighted by Crippen LogP contribution is 2.30. The van der Waals surface area contributed by atoms with E-state index in [1.54, 1.807) is 23.1 Å². The van der Waals surface area contributed by atoms with E-state index in [0.29, 0.717) is 18.7 Å². The van der Waals surface area contributed by atoms with Gasteiger partial charge in [-0.2, -0.15) is 0 Å². The van der Waals surface area contributed by atoms with Gasteiger partial charge in [0.1, 0.15) is 0 Å². The average Bonchev–Trinajstić information content (AvgIpc) is 3.10. The predicted molar refractivity (Wildman–Crippen MR) is 114 cm³/mol. The van der Waals surface area contributed by atoms with E-state index < -0.39 is 16.0 Å². The highest BCUT2D eigenvalue weighted by Gasteiger charge is 2.30. The first-order valence-corrected chi connectivity index (χ1v) is 11.7. The summed E-state index contributed by atoms with van der Waals surface area (Å²) in [6, 6.07) is 14.1. The van der Waals surface area contributed by atoms with Crippen LogP contribution in [0.4, 0.5) is 11.4 Å². The van der Waals surface area contributed by atoms with Gasteiger partial charge in [0.25, 0.3) is 5.91 Å². The zero-order valence-electron chi connectivity index (χ0n) is 16.8. The van der Waals surface area contributed by atoms with Crippen molar-refractivity contribution in [3.63, 3.8) is 0 Å². The van der Waals surface area contributed by atoms with E-state index >= 15 is 0 Å². The topological polar surface area (TPSA) is 84.0 Å². The third-order valence-corrected chi connectivity index (χ3v) is 7.46. The number of anilines is 2. The first-order valence-electron chi connectivity index (χ1n) is 10.0. The van der Waals surface area contributed by atoms with Gasteiger partial charge >= 0.3 is 5.97 Å². The van der Waals surface area contributed by atoms with Crippen molar-refractivity contribution >= 4 is 33.3 Å². The number of sulfonamides is 1. The Balaban J connectivity index is 1.45. The number of benzene rings is 2. The Hall–Kier alpha value is -2.87. The lowest BCUT2D eigenvalue weighted by Crippen LogP contribution is -2.44. The van der Waals surface area contributed by atoms with Crippen LogP contribution in [0.2, 0.25) is 0 Å². The molecule has 0 aromatic heterocycles. The molecule has 0 aliphatic carbocycles. The van der Waals surface area contributed by atoms with Crippen molar-refractivity contribution in [2.24, 2.45) is 0 Å². The Morgan fingerprint density at radius 2 is 1.93 bits per heavy atom. The Morgan fingerprint density at radius 1 is 1.13 bits per heavy atom. The van der Waals surface area contributed by atoms with Crippen LogP contribution in [0.25, 0.3) is 0 Å². The fourth-order valence-electron chi connectivity index (χ4n) is 4.07. The molecule has 4 rings (SSSR count). The van der Waals surface area contributed by atoms with E-state index in [-0.39, 0.29) is 29.9 Å². The lowest BCUT2D eigenvalue weighted by molar-refractivity contribution is -0.122. The first kappa shape index (κ1) is 20.4. The molecule has 8 heteroatoms. The van der Waals surface area contributed by atoms with Crippen LogP contribution in [-0.4, -0.2) is 45.2 Å². The number of carbonyl (C=O) groups excluding carboxylic acids is 2. The van der Waals surface area contributed by atoms with Crippen molar-refractivity contribution in [1.29, 1.82) is 0 Å². The number of hydrogen-bond donors (Lipinski definition) is 0. The third-order valence-electron chi connectivity index (χ3n) is 5.59. The number of rotatable bonds is 4. The van der Waals surface area contributed by atoms with E-state index in [4.69, 9.17) is 4.74 Å². The second-order valence-corrected chi connectivity index (χ2v) is 9.66. The maximum Gasteiger partial charge on any atom is 0.338 e. The predicted octanol–water partition coefficient (Wildman–Crippen LogP) is 2.75. The molecular weight excluding hydrogens is 404 g/mol. The highest BCUT2D eigenvalue weighted by molar-refractivity contribution is 7.93. The average molecular weight is 429 g/mol. The first-order chi connectivity index (χ1) is 14.4. The van der Waals surface area contributed by atoms with Crippen LogP contribution in [0, 0.1) is 0 Å². The van der Waals surface area contributed by atoms with Gasteiger partial charge in [-0.3, -0.25) is 9.10 Å². The number of ether oxygens (including phenoxy) is 1. The standard InChI is InChI=1S/C22H24N2O5S/c1-16-10-11-17-6-2-3-9-20(17)24(16)21(25)15-29-22(26)18-7-4-8-19(14-18)23-12-5-13-30(23,27)28/h2-4,6-9,14,16H,5,10-13,15H2,1H3. The molecule has 0 spiro atoms. The normalized spacial score (nSPS) is 20.0. The minimum absolute atomic E-state index is 0.0230. The van der Waals surface area contributed by atoms with E-state index in [1.807, 2.05) is 31.2 Å². The molecule has 1 amide bonds. The third kappa shape index (κ3) is 3.92. The molecule has 1 fully saturated rings. The molecule has 158 valence electrons. The molecule has 2 heterocycles. The number of nitrogens with zero attached hydrogens (tertiary/aromatic N) is 2. The molecule has 1 saturated heterocycles. The Morgan fingerprint density at radius 3 is 2.70 bits per heavy atom. The van der Waals surface area contributed by atoms with Crippen molar-refractivity contribution in [2.45, 2.75) is 32.2 Å². The summed E-state index contributed by atoms with van der Waals surface area (Å²) >= 11 is 0. The fourth-order valence-corrected chi connectivity index (χ4v) is 5.62. The van der Waals surface area contributed by atoms with Crippen molar-refractivity contribution in [1.82, 2.24) is 0 Å². The fraction of sp³-hybridized carbons (Fsp3) is 0.364. The molecule has 2 aromatic carbocycles. The largest absolute Gasteiger partial charge is 0.452 e. The second kappa shape index (κ2) is 8.10. The van der Waals surface area contributed by atoms with Gasteiger partial charge < -0.3 is 9.64 Å². The highest BCUT2D eigenvalue weighted by atomic mass is 32.2. The summed E-state index contributed by atoms with van der Waals surface area (Å²) in [6.07, 6.45) is 2.32. The van der Waals surface area contributed by atoms with Gasteiger partial charge in [0.15, 0.2) is 6.61 Å². The monoisotopic (exact) mass is 428 g/mol. The molecule has 2 aliphatic rings. The quantitative estimate of drug-likeness (QED) is 0.699. The van der Waals surface area contributed by atoms with Gasteiger partial charge in [-0.05, 0) is 56.0 Å². The van der Waals surface area contributed by atoms with E-state index in [2.05, 4.69) is 0 Å². The molecule has 2 aromatic rings. The van der Waals surface area contributed by atoms with Crippen molar-refractivity contribution < 1.29 is 22.7 Å². The van der Waals surface area contributed by atoms with Crippen LogP contribution in [0.1, 0.15) is 35.7 Å². The molecule has 0 saturated carbocycles. The summed E-state index contributed by atoms with van der Waals surface area (Å²) in [5.74, 6) is -0.827. The molecular formula is C22H24N2O5S. The number of esters is 1. The van der Waals surface area contributed by atoms with Crippen LogP contribution in [0.3, 0.4) is 0 Å². The minimum Gasteiger partial charge on any atom is -0.452 e. The lowest BCUT2D eigenvalue weighted by Gasteiger charge is -2.35. The Bertz CT molecular complexity index is 1080. The Labute approximate surface area is 176 Å². The number of para-hydroxylation sites is 1.